The summed E-state index contributed by atoms with van der Waals surface area (Å²) in [5.41, 5.74) is 0.453. The second-order valence-electron chi connectivity index (χ2n) is 6.19. The topological polar surface area (TPSA) is 59.1 Å². The van der Waals surface area contributed by atoms with Gasteiger partial charge in [-0.3, -0.25) is 9.59 Å². The van der Waals surface area contributed by atoms with Crippen molar-refractivity contribution >= 4 is 23.4 Å². The Kier molecular flexibility index (Phi) is 6.53. The van der Waals surface area contributed by atoms with Gasteiger partial charge in [-0.1, -0.05) is 25.4 Å². The van der Waals surface area contributed by atoms with E-state index in [1.807, 2.05) is 20.8 Å². The van der Waals surface area contributed by atoms with Crippen LogP contribution < -0.4 is 9.47 Å². The molecule has 0 unspecified atom stereocenters. The van der Waals surface area contributed by atoms with E-state index in [2.05, 4.69) is 0 Å². The van der Waals surface area contributed by atoms with Crippen LogP contribution in [0.5, 0.6) is 11.5 Å². The number of carbonyl (C=O) groups is 2. The number of amides is 2. The van der Waals surface area contributed by atoms with Crippen LogP contribution in [0.3, 0.4) is 0 Å². The molecular formula is C18H25ClN2O4. The Morgan fingerprint density at radius 2 is 1.76 bits per heavy atom. The van der Waals surface area contributed by atoms with Crippen molar-refractivity contribution in [2.24, 2.45) is 5.92 Å². The van der Waals surface area contributed by atoms with Gasteiger partial charge in [0, 0.05) is 37.7 Å². The van der Waals surface area contributed by atoms with Crippen molar-refractivity contribution in [1.29, 1.82) is 0 Å². The van der Waals surface area contributed by atoms with Gasteiger partial charge in [-0.2, -0.15) is 0 Å². The molecule has 25 heavy (non-hydrogen) atoms. The SMILES string of the molecule is CCOc1c(Cl)cc(C(=O)N2CCN(C(=O)C(C)C)CC2)cc1OC. The Hall–Kier alpha value is -1.95. The third-order valence-corrected chi connectivity index (χ3v) is 4.42. The number of methoxy groups -OCH3 is 1. The van der Waals surface area contributed by atoms with Crippen molar-refractivity contribution in [1.82, 2.24) is 9.80 Å². The van der Waals surface area contributed by atoms with Crippen molar-refractivity contribution in [3.05, 3.63) is 22.7 Å². The molecule has 1 aliphatic rings. The molecule has 2 rings (SSSR count). The van der Waals surface area contributed by atoms with Gasteiger partial charge in [-0.05, 0) is 19.1 Å². The predicted octanol–water partition coefficient (Wildman–Crippen LogP) is 2.69. The lowest BCUT2D eigenvalue weighted by Gasteiger charge is -2.35. The quantitative estimate of drug-likeness (QED) is 0.801. The molecule has 0 spiro atoms. The summed E-state index contributed by atoms with van der Waals surface area (Å²) in [7, 11) is 1.51. The second-order valence-corrected chi connectivity index (χ2v) is 6.60. The van der Waals surface area contributed by atoms with E-state index in [1.54, 1.807) is 21.9 Å². The lowest BCUT2D eigenvalue weighted by atomic mass is 10.1. The molecule has 0 radical (unpaired) electrons. The Bertz CT molecular complexity index is 640. The highest BCUT2D eigenvalue weighted by molar-refractivity contribution is 6.32. The number of hydrogen-bond acceptors (Lipinski definition) is 4. The standard InChI is InChI=1S/C18H25ClN2O4/c1-5-25-16-14(19)10-13(11-15(16)24-4)18(23)21-8-6-20(7-9-21)17(22)12(2)3/h10-12H,5-9H2,1-4H3. The van der Waals surface area contributed by atoms with Crippen molar-refractivity contribution < 1.29 is 19.1 Å². The number of nitrogens with zero attached hydrogens (tertiary/aromatic N) is 2. The summed E-state index contributed by atoms with van der Waals surface area (Å²) in [6.07, 6.45) is 0. The molecule has 1 aliphatic heterocycles. The monoisotopic (exact) mass is 368 g/mol. The number of rotatable bonds is 5. The fourth-order valence-corrected chi connectivity index (χ4v) is 3.07. The number of hydrogen-bond donors (Lipinski definition) is 0. The minimum absolute atomic E-state index is 0.0311. The Balaban J connectivity index is 2.11. The fourth-order valence-electron chi connectivity index (χ4n) is 2.81. The van der Waals surface area contributed by atoms with Crippen LogP contribution in [0.4, 0.5) is 0 Å². The predicted molar refractivity (Wildman–Crippen MR) is 96.5 cm³/mol. The van der Waals surface area contributed by atoms with E-state index in [0.29, 0.717) is 54.9 Å². The summed E-state index contributed by atoms with van der Waals surface area (Å²) < 4.78 is 10.8. The summed E-state index contributed by atoms with van der Waals surface area (Å²) in [5, 5.41) is 0.346. The van der Waals surface area contributed by atoms with E-state index < -0.39 is 0 Å². The third kappa shape index (κ3) is 4.37. The first-order valence-electron chi connectivity index (χ1n) is 8.47. The molecule has 1 aromatic carbocycles. The average molecular weight is 369 g/mol. The lowest BCUT2D eigenvalue weighted by Crippen LogP contribution is -2.51. The van der Waals surface area contributed by atoms with Crippen molar-refractivity contribution in [2.75, 3.05) is 39.9 Å². The van der Waals surface area contributed by atoms with Crippen LogP contribution in [0.15, 0.2) is 12.1 Å². The van der Waals surface area contributed by atoms with Crippen LogP contribution in [0.25, 0.3) is 0 Å². The van der Waals surface area contributed by atoms with Gasteiger partial charge in [0.25, 0.3) is 5.91 Å². The van der Waals surface area contributed by atoms with E-state index in [9.17, 15) is 9.59 Å². The summed E-state index contributed by atoms with van der Waals surface area (Å²) in [6, 6.07) is 3.24. The molecule has 0 N–H and O–H groups in total. The number of piperazine rings is 1. The number of carbonyl (C=O) groups excluding carboxylic acids is 2. The summed E-state index contributed by atoms with van der Waals surface area (Å²) in [5.74, 6) is 0.844. The van der Waals surface area contributed by atoms with E-state index >= 15 is 0 Å². The first kappa shape index (κ1) is 19.4. The zero-order chi connectivity index (χ0) is 18.6. The van der Waals surface area contributed by atoms with Gasteiger partial charge in [0.1, 0.15) is 0 Å². The molecule has 1 saturated heterocycles. The summed E-state index contributed by atoms with van der Waals surface area (Å²) in [4.78, 5) is 28.4. The molecule has 0 aromatic heterocycles. The Labute approximate surface area is 153 Å². The van der Waals surface area contributed by atoms with Crippen molar-refractivity contribution in [3.8, 4) is 11.5 Å². The molecule has 138 valence electrons. The van der Waals surface area contributed by atoms with Gasteiger partial charge >= 0.3 is 0 Å². The van der Waals surface area contributed by atoms with E-state index in [1.165, 1.54) is 7.11 Å². The highest BCUT2D eigenvalue weighted by Gasteiger charge is 2.27. The van der Waals surface area contributed by atoms with Gasteiger partial charge in [0.05, 0.1) is 18.7 Å². The van der Waals surface area contributed by atoms with Gasteiger partial charge < -0.3 is 19.3 Å². The van der Waals surface area contributed by atoms with Crippen LogP contribution in [-0.2, 0) is 4.79 Å². The van der Waals surface area contributed by atoms with Crippen molar-refractivity contribution in [2.45, 2.75) is 20.8 Å². The van der Waals surface area contributed by atoms with Gasteiger partial charge in [0.2, 0.25) is 5.91 Å². The lowest BCUT2D eigenvalue weighted by molar-refractivity contribution is -0.135. The van der Waals surface area contributed by atoms with E-state index in [4.69, 9.17) is 21.1 Å². The molecule has 0 aliphatic carbocycles. The van der Waals surface area contributed by atoms with Crippen LogP contribution in [-0.4, -0.2) is 61.5 Å². The molecule has 0 atom stereocenters. The largest absolute Gasteiger partial charge is 0.493 e. The molecule has 6 nitrogen and oxygen atoms in total. The maximum absolute atomic E-state index is 12.8. The normalized spacial score (nSPS) is 14.6. The maximum Gasteiger partial charge on any atom is 0.254 e. The smallest absolute Gasteiger partial charge is 0.254 e. The van der Waals surface area contributed by atoms with Crippen LogP contribution in [0, 0.1) is 5.92 Å². The molecule has 0 bridgehead atoms. The maximum atomic E-state index is 12.8. The molecule has 1 aromatic rings. The molecule has 2 amide bonds. The first-order valence-corrected chi connectivity index (χ1v) is 8.85. The van der Waals surface area contributed by atoms with Crippen LogP contribution in [0.1, 0.15) is 31.1 Å². The zero-order valence-corrected chi connectivity index (χ0v) is 15.9. The molecular weight excluding hydrogens is 344 g/mol. The third-order valence-electron chi connectivity index (χ3n) is 4.14. The molecule has 1 heterocycles. The Morgan fingerprint density at radius 1 is 1.16 bits per heavy atom. The second kappa shape index (κ2) is 8.43. The number of halogens is 1. The fraction of sp³-hybridized carbons (Fsp3) is 0.556. The van der Waals surface area contributed by atoms with Crippen LogP contribution >= 0.6 is 11.6 Å². The average Bonchev–Trinajstić information content (AvgIpc) is 2.62. The molecule has 1 fully saturated rings. The van der Waals surface area contributed by atoms with Gasteiger partial charge in [-0.25, -0.2) is 0 Å². The van der Waals surface area contributed by atoms with Crippen molar-refractivity contribution in [3.63, 3.8) is 0 Å². The summed E-state index contributed by atoms with van der Waals surface area (Å²) >= 11 is 6.25. The summed E-state index contributed by atoms with van der Waals surface area (Å²) in [6.45, 7) is 8.17. The highest BCUT2D eigenvalue weighted by atomic mass is 35.5. The number of benzene rings is 1. The Morgan fingerprint density at radius 3 is 2.28 bits per heavy atom. The number of ether oxygens (including phenoxy) is 2. The van der Waals surface area contributed by atoms with Gasteiger partial charge in [-0.15, -0.1) is 0 Å². The molecule has 7 heteroatoms. The zero-order valence-electron chi connectivity index (χ0n) is 15.2. The minimum atomic E-state index is -0.125. The van der Waals surface area contributed by atoms with Gasteiger partial charge in [0.15, 0.2) is 11.5 Å². The van der Waals surface area contributed by atoms with E-state index in [-0.39, 0.29) is 17.7 Å². The molecule has 0 saturated carbocycles. The van der Waals surface area contributed by atoms with Crippen LogP contribution in [0.2, 0.25) is 5.02 Å². The first-order chi connectivity index (χ1) is 11.9. The minimum Gasteiger partial charge on any atom is -0.493 e. The van der Waals surface area contributed by atoms with E-state index in [0.717, 1.165) is 0 Å². The highest BCUT2D eigenvalue weighted by Crippen LogP contribution is 2.36.